The van der Waals surface area contributed by atoms with Gasteiger partial charge in [-0.1, -0.05) is 6.92 Å². The van der Waals surface area contributed by atoms with Crippen LogP contribution in [0.5, 0.6) is 5.75 Å². The van der Waals surface area contributed by atoms with Crippen molar-refractivity contribution in [2.45, 2.75) is 38.9 Å². The van der Waals surface area contributed by atoms with Crippen molar-refractivity contribution in [3.05, 3.63) is 33.6 Å². The number of alkyl halides is 3. The van der Waals surface area contributed by atoms with Gasteiger partial charge in [-0.25, -0.2) is 0 Å². The Morgan fingerprint density at radius 2 is 2.03 bits per heavy atom. The number of nitrogens with zero attached hydrogens (tertiary/aromatic N) is 4. The fraction of sp³-hybridized carbons (Fsp3) is 0.526. The van der Waals surface area contributed by atoms with Crippen LogP contribution < -0.4 is 10.9 Å². The zero-order chi connectivity index (χ0) is 21.3. The third-order valence-electron chi connectivity index (χ3n) is 5.23. The fourth-order valence-electron chi connectivity index (χ4n) is 3.63. The number of hydrogen-bond acceptors (Lipinski definition) is 6. The molecule has 2 aromatic rings. The molecule has 1 aromatic heterocycles. The smallest absolute Gasteiger partial charge is 0.416 e. The number of likely N-dealkylation sites (N-methyl/N-ethyl adjacent to an activating group) is 1. The molecule has 0 spiro atoms. The summed E-state index contributed by atoms with van der Waals surface area (Å²) in [6, 6.07) is 1.59. The molecule has 2 heterocycles. The predicted molar refractivity (Wildman–Crippen MR) is 103 cm³/mol. The number of likely N-dealkylation sites (tertiary alicyclic amines) is 1. The number of piperidine rings is 1. The molecule has 7 nitrogen and oxygen atoms in total. The minimum absolute atomic E-state index is 0.0486. The molecule has 3 rings (SSSR count). The van der Waals surface area contributed by atoms with E-state index in [1.807, 2.05) is 0 Å². The molecule has 10 heteroatoms. The third kappa shape index (κ3) is 4.36. The van der Waals surface area contributed by atoms with Gasteiger partial charge in [0.05, 0.1) is 11.1 Å². The van der Waals surface area contributed by atoms with Gasteiger partial charge in [0.25, 0.3) is 5.56 Å². The number of nitrogens with one attached hydrogen (secondary N) is 1. The van der Waals surface area contributed by atoms with Crippen LogP contribution in [0, 0.1) is 6.92 Å². The lowest BCUT2D eigenvalue weighted by molar-refractivity contribution is -0.137. The normalized spacial score (nSPS) is 18.1. The van der Waals surface area contributed by atoms with Crippen LogP contribution in [0.4, 0.5) is 19.1 Å². The maximum Gasteiger partial charge on any atom is 0.416 e. The van der Waals surface area contributed by atoms with Crippen LogP contribution >= 0.6 is 0 Å². The van der Waals surface area contributed by atoms with Gasteiger partial charge in [-0.2, -0.15) is 13.2 Å². The Bertz CT molecular complexity index is 935. The standard InChI is InChI=1S/C19H24F3N5O2/c1-4-27-7-5-6-13(10-27)23-18-25-24-16(17(29)26(18)3)15-11(2)8-12(9-14(15)28)19(20,21)22/h8-9,13,28H,4-7,10H2,1-3H3,(H,23,25). The molecule has 158 valence electrons. The molecular formula is C19H24F3N5O2. The Kier molecular flexibility index (Phi) is 5.83. The molecule has 1 aliphatic heterocycles. The monoisotopic (exact) mass is 411 g/mol. The number of halogens is 3. The van der Waals surface area contributed by atoms with Crippen molar-refractivity contribution in [3.63, 3.8) is 0 Å². The van der Waals surface area contributed by atoms with E-state index in [1.165, 1.54) is 18.5 Å². The first-order chi connectivity index (χ1) is 13.6. The summed E-state index contributed by atoms with van der Waals surface area (Å²) in [5.74, 6) is -0.374. The zero-order valence-corrected chi connectivity index (χ0v) is 16.5. The lowest BCUT2D eigenvalue weighted by Crippen LogP contribution is -2.43. The van der Waals surface area contributed by atoms with Gasteiger partial charge in [-0.15, -0.1) is 10.2 Å². The molecule has 0 saturated carbocycles. The SMILES string of the molecule is CCN1CCCC(Nc2nnc(-c3c(C)cc(C(F)(F)F)cc3O)c(=O)n2C)C1. The number of hydrogen-bond donors (Lipinski definition) is 2. The summed E-state index contributed by atoms with van der Waals surface area (Å²) in [7, 11) is 1.51. The van der Waals surface area contributed by atoms with Gasteiger partial charge in [0.2, 0.25) is 5.95 Å². The Balaban J connectivity index is 1.93. The highest BCUT2D eigenvalue weighted by molar-refractivity contribution is 5.70. The highest BCUT2D eigenvalue weighted by Gasteiger charge is 2.32. The fourth-order valence-corrected chi connectivity index (χ4v) is 3.63. The second kappa shape index (κ2) is 8.02. The highest BCUT2D eigenvalue weighted by atomic mass is 19.4. The molecule has 0 radical (unpaired) electrons. The number of phenolic OH excluding ortho intramolecular Hbond substituents is 1. The number of anilines is 1. The van der Waals surface area contributed by atoms with Crippen LogP contribution in [-0.4, -0.2) is 50.4 Å². The van der Waals surface area contributed by atoms with E-state index in [4.69, 9.17) is 0 Å². The number of aromatic nitrogens is 3. The van der Waals surface area contributed by atoms with Crippen molar-refractivity contribution >= 4 is 5.95 Å². The third-order valence-corrected chi connectivity index (χ3v) is 5.23. The number of benzene rings is 1. The number of aryl methyl sites for hydroxylation is 1. The molecule has 2 N–H and O–H groups in total. The van der Waals surface area contributed by atoms with E-state index in [-0.39, 0.29) is 28.8 Å². The first-order valence-corrected chi connectivity index (χ1v) is 9.45. The summed E-state index contributed by atoms with van der Waals surface area (Å²) in [6.45, 7) is 6.27. The second-order valence-corrected chi connectivity index (χ2v) is 7.30. The summed E-state index contributed by atoms with van der Waals surface area (Å²) >= 11 is 0. The van der Waals surface area contributed by atoms with Gasteiger partial charge in [0.1, 0.15) is 5.75 Å². The average Bonchev–Trinajstić information content (AvgIpc) is 2.66. The Morgan fingerprint density at radius 3 is 2.66 bits per heavy atom. The van der Waals surface area contributed by atoms with E-state index in [2.05, 4.69) is 27.3 Å². The van der Waals surface area contributed by atoms with Crippen molar-refractivity contribution in [1.82, 2.24) is 19.7 Å². The molecule has 29 heavy (non-hydrogen) atoms. The van der Waals surface area contributed by atoms with Crippen molar-refractivity contribution in [1.29, 1.82) is 0 Å². The maximum absolute atomic E-state index is 12.9. The molecular weight excluding hydrogens is 387 g/mol. The van der Waals surface area contributed by atoms with E-state index < -0.39 is 23.0 Å². The van der Waals surface area contributed by atoms with Gasteiger partial charge >= 0.3 is 6.18 Å². The quantitative estimate of drug-likeness (QED) is 0.805. The van der Waals surface area contributed by atoms with Gasteiger partial charge in [0, 0.05) is 19.6 Å². The largest absolute Gasteiger partial charge is 0.507 e. The minimum Gasteiger partial charge on any atom is -0.507 e. The molecule has 0 bridgehead atoms. The molecule has 1 unspecified atom stereocenters. The van der Waals surface area contributed by atoms with E-state index >= 15 is 0 Å². The van der Waals surface area contributed by atoms with Crippen molar-refractivity contribution in [2.75, 3.05) is 25.0 Å². The van der Waals surface area contributed by atoms with Gasteiger partial charge in [-0.05, 0) is 50.6 Å². The van der Waals surface area contributed by atoms with Crippen molar-refractivity contribution in [3.8, 4) is 17.0 Å². The summed E-state index contributed by atoms with van der Waals surface area (Å²) in [4.78, 5) is 15.1. The molecule has 0 amide bonds. The summed E-state index contributed by atoms with van der Waals surface area (Å²) in [5, 5.41) is 21.4. The van der Waals surface area contributed by atoms with Crippen LogP contribution in [0.2, 0.25) is 0 Å². The highest BCUT2D eigenvalue weighted by Crippen LogP contribution is 2.37. The molecule has 1 fully saturated rings. The lowest BCUT2D eigenvalue weighted by atomic mass is 10.0. The first kappa shape index (κ1) is 21.1. The number of phenols is 1. The van der Waals surface area contributed by atoms with Crippen LogP contribution in [0.3, 0.4) is 0 Å². The van der Waals surface area contributed by atoms with E-state index in [0.29, 0.717) is 6.07 Å². The molecule has 0 aliphatic carbocycles. The van der Waals surface area contributed by atoms with E-state index in [9.17, 15) is 23.1 Å². The van der Waals surface area contributed by atoms with Crippen LogP contribution in [0.25, 0.3) is 11.3 Å². The summed E-state index contributed by atoms with van der Waals surface area (Å²) in [5.41, 5.74) is -1.69. The lowest BCUT2D eigenvalue weighted by Gasteiger charge is -2.32. The second-order valence-electron chi connectivity index (χ2n) is 7.30. The number of rotatable bonds is 4. The molecule has 1 aliphatic rings. The van der Waals surface area contributed by atoms with Crippen molar-refractivity contribution < 1.29 is 18.3 Å². The molecule has 1 aromatic carbocycles. The topological polar surface area (TPSA) is 83.3 Å². The summed E-state index contributed by atoms with van der Waals surface area (Å²) < 4.78 is 40.1. The van der Waals surface area contributed by atoms with Crippen molar-refractivity contribution in [2.24, 2.45) is 7.05 Å². The Morgan fingerprint density at radius 1 is 1.31 bits per heavy atom. The van der Waals surface area contributed by atoms with Crippen LogP contribution in [0.15, 0.2) is 16.9 Å². The minimum atomic E-state index is -4.60. The first-order valence-electron chi connectivity index (χ1n) is 9.45. The Hall–Kier alpha value is -2.62. The average molecular weight is 411 g/mol. The van der Waals surface area contributed by atoms with Gasteiger partial charge < -0.3 is 15.3 Å². The molecule has 1 saturated heterocycles. The zero-order valence-electron chi connectivity index (χ0n) is 16.5. The van der Waals surface area contributed by atoms with Gasteiger partial charge in [0.15, 0.2) is 5.69 Å². The number of aromatic hydroxyl groups is 1. The predicted octanol–water partition coefficient (Wildman–Crippen LogP) is 2.77. The van der Waals surface area contributed by atoms with E-state index in [0.717, 1.165) is 38.5 Å². The van der Waals surface area contributed by atoms with Gasteiger partial charge in [-0.3, -0.25) is 9.36 Å². The Labute approximate surface area is 166 Å². The maximum atomic E-state index is 12.9. The van der Waals surface area contributed by atoms with E-state index in [1.54, 1.807) is 0 Å². The van der Waals surface area contributed by atoms with Crippen LogP contribution in [-0.2, 0) is 13.2 Å². The summed E-state index contributed by atoms with van der Waals surface area (Å²) in [6.07, 6.45) is -2.63. The van der Waals surface area contributed by atoms with Crippen LogP contribution in [0.1, 0.15) is 30.9 Å². The molecule has 1 atom stereocenters.